The quantitative estimate of drug-likeness (QED) is 0.657. The van der Waals surface area contributed by atoms with Crippen LogP contribution in [0.3, 0.4) is 0 Å². The molecule has 0 aromatic heterocycles. The third kappa shape index (κ3) is 2.66. The maximum atomic E-state index is 12.1. The summed E-state index contributed by atoms with van der Waals surface area (Å²) < 4.78 is 34.0. The third-order valence-electron chi connectivity index (χ3n) is 3.35. The molecule has 1 amide bonds. The summed E-state index contributed by atoms with van der Waals surface area (Å²) in [6, 6.07) is 4.10. The average Bonchev–Trinajstić information content (AvgIpc) is 2.48. The molecule has 2 rings (SSSR count). The van der Waals surface area contributed by atoms with Gasteiger partial charge in [-0.1, -0.05) is 6.92 Å². The number of hydrogen-bond donors (Lipinski definition) is 1. The molecule has 1 heterocycles. The fourth-order valence-corrected chi connectivity index (χ4v) is 2.87. The number of carbonyl (C=O) groups excluding carboxylic acids is 2. The lowest BCUT2D eigenvalue weighted by molar-refractivity contribution is -0.165. The molecule has 0 bridgehead atoms. The lowest BCUT2D eigenvalue weighted by atomic mass is 10.0. The lowest BCUT2D eigenvalue weighted by Crippen LogP contribution is -2.55. The lowest BCUT2D eigenvalue weighted by Gasteiger charge is -2.32. The van der Waals surface area contributed by atoms with Crippen molar-refractivity contribution in [2.24, 2.45) is 0 Å². The fraction of sp³-hybridized carbons (Fsp3) is 0.429. The van der Waals surface area contributed by atoms with Crippen LogP contribution >= 0.6 is 0 Å². The molecule has 1 atom stereocenters. The summed E-state index contributed by atoms with van der Waals surface area (Å²) >= 11 is 0. The summed E-state index contributed by atoms with van der Waals surface area (Å²) in [6.45, 7) is 4.57. The van der Waals surface area contributed by atoms with Crippen LogP contribution in [0.25, 0.3) is 0 Å². The zero-order valence-electron chi connectivity index (χ0n) is 12.5. The summed E-state index contributed by atoms with van der Waals surface area (Å²) in [5.41, 5.74) is -1.59. The molecule has 7 nitrogen and oxygen atoms in total. The largest absolute Gasteiger partial charge is 0.464 e. The van der Waals surface area contributed by atoms with Crippen LogP contribution in [0.1, 0.15) is 20.8 Å². The highest BCUT2D eigenvalue weighted by Crippen LogP contribution is 2.36. The number of nitrogens with one attached hydrogen (secondary N) is 1. The number of esters is 1. The van der Waals surface area contributed by atoms with Crippen molar-refractivity contribution in [1.29, 1.82) is 0 Å². The van der Waals surface area contributed by atoms with Crippen LogP contribution < -0.4 is 10.1 Å². The molecule has 1 aromatic rings. The van der Waals surface area contributed by atoms with Crippen LogP contribution in [-0.2, 0) is 24.2 Å². The zero-order chi connectivity index (χ0) is 16.5. The molecule has 22 heavy (non-hydrogen) atoms. The van der Waals surface area contributed by atoms with E-state index < -0.39 is 27.3 Å². The fourth-order valence-electron chi connectivity index (χ4n) is 1.97. The number of anilines is 1. The second-order valence-corrected chi connectivity index (χ2v) is 7.15. The monoisotopic (exact) mass is 327 g/mol. The standard InChI is InChI=1S/C14H17NO6S/c1-4-20-13(17)14(3)12(16)15-10-8-9(22(18,19)5-2)6-7-11(10)21-14/h6-8H,4-5H2,1-3H3,(H,15,16)/t14-/m1/s1. The topological polar surface area (TPSA) is 98.8 Å². The van der Waals surface area contributed by atoms with Crippen LogP contribution in [0.4, 0.5) is 5.69 Å². The maximum absolute atomic E-state index is 12.1. The van der Waals surface area contributed by atoms with Gasteiger partial charge in [-0.2, -0.15) is 0 Å². The number of amides is 1. The summed E-state index contributed by atoms with van der Waals surface area (Å²) in [5.74, 6) is -1.35. The van der Waals surface area contributed by atoms with Crippen molar-refractivity contribution in [1.82, 2.24) is 0 Å². The first-order chi connectivity index (χ1) is 10.2. The highest BCUT2D eigenvalue weighted by molar-refractivity contribution is 7.91. The Morgan fingerprint density at radius 2 is 2.05 bits per heavy atom. The Kier molecular flexibility index (Phi) is 4.15. The molecule has 8 heteroatoms. The molecule has 1 aromatic carbocycles. The van der Waals surface area contributed by atoms with Crippen LogP contribution in [0, 0.1) is 0 Å². The van der Waals surface area contributed by atoms with Gasteiger partial charge < -0.3 is 14.8 Å². The van der Waals surface area contributed by atoms with Gasteiger partial charge in [-0.15, -0.1) is 0 Å². The Morgan fingerprint density at radius 3 is 2.64 bits per heavy atom. The van der Waals surface area contributed by atoms with Gasteiger partial charge in [-0.3, -0.25) is 4.79 Å². The zero-order valence-corrected chi connectivity index (χ0v) is 13.3. The average molecular weight is 327 g/mol. The van der Waals surface area contributed by atoms with E-state index >= 15 is 0 Å². The van der Waals surface area contributed by atoms with Gasteiger partial charge in [0.15, 0.2) is 9.84 Å². The van der Waals surface area contributed by atoms with E-state index in [0.717, 1.165) is 0 Å². The first-order valence-corrected chi connectivity index (χ1v) is 8.44. The van der Waals surface area contributed by atoms with Gasteiger partial charge in [-0.25, -0.2) is 13.2 Å². The van der Waals surface area contributed by atoms with Crippen molar-refractivity contribution in [3.8, 4) is 5.75 Å². The van der Waals surface area contributed by atoms with Crippen molar-refractivity contribution >= 4 is 27.4 Å². The minimum absolute atomic E-state index is 0.0544. The van der Waals surface area contributed by atoms with Crippen LogP contribution in [0.5, 0.6) is 5.75 Å². The summed E-state index contributed by atoms with van der Waals surface area (Å²) in [7, 11) is -3.40. The molecule has 1 N–H and O–H groups in total. The predicted molar refractivity (Wildman–Crippen MR) is 78.5 cm³/mol. The molecular weight excluding hydrogens is 310 g/mol. The molecule has 120 valence electrons. The number of hydrogen-bond acceptors (Lipinski definition) is 6. The van der Waals surface area contributed by atoms with E-state index in [0.29, 0.717) is 0 Å². The summed E-state index contributed by atoms with van der Waals surface area (Å²) in [5, 5.41) is 2.50. The minimum Gasteiger partial charge on any atom is -0.464 e. The van der Waals surface area contributed by atoms with E-state index in [9.17, 15) is 18.0 Å². The highest BCUT2D eigenvalue weighted by atomic mass is 32.2. The maximum Gasteiger partial charge on any atom is 0.360 e. The second kappa shape index (κ2) is 5.60. The molecule has 0 unspecified atom stereocenters. The van der Waals surface area contributed by atoms with E-state index in [2.05, 4.69) is 5.32 Å². The molecule has 0 saturated heterocycles. The molecule has 1 aliphatic heterocycles. The van der Waals surface area contributed by atoms with Gasteiger partial charge in [0, 0.05) is 0 Å². The number of ether oxygens (including phenoxy) is 2. The summed E-state index contributed by atoms with van der Waals surface area (Å²) in [4.78, 5) is 24.1. The van der Waals surface area contributed by atoms with Gasteiger partial charge in [0.2, 0.25) is 0 Å². The number of carbonyl (C=O) groups is 2. The van der Waals surface area contributed by atoms with E-state index in [4.69, 9.17) is 9.47 Å². The number of rotatable bonds is 4. The summed E-state index contributed by atoms with van der Waals surface area (Å²) in [6.07, 6.45) is 0. The van der Waals surface area contributed by atoms with Crippen LogP contribution in [0.2, 0.25) is 0 Å². The molecule has 0 saturated carbocycles. The van der Waals surface area contributed by atoms with E-state index in [-0.39, 0.29) is 28.7 Å². The van der Waals surface area contributed by atoms with Crippen molar-refractivity contribution in [2.75, 3.05) is 17.7 Å². The Labute approximate surface area is 128 Å². The molecule has 1 aliphatic rings. The first kappa shape index (κ1) is 16.3. The van der Waals surface area contributed by atoms with Crippen molar-refractivity contribution in [2.45, 2.75) is 31.3 Å². The van der Waals surface area contributed by atoms with Crippen molar-refractivity contribution in [3.63, 3.8) is 0 Å². The van der Waals surface area contributed by atoms with Gasteiger partial charge in [0.1, 0.15) is 5.75 Å². The van der Waals surface area contributed by atoms with Gasteiger partial charge in [0.25, 0.3) is 11.5 Å². The molecule has 0 fully saturated rings. The molecular formula is C14H17NO6S. The van der Waals surface area contributed by atoms with Crippen molar-refractivity contribution in [3.05, 3.63) is 18.2 Å². The van der Waals surface area contributed by atoms with Gasteiger partial charge in [-0.05, 0) is 32.0 Å². The number of sulfone groups is 1. The molecule has 0 spiro atoms. The number of fused-ring (bicyclic) bond motifs is 1. The first-order valence-electron chi connectivity index (χ1n) is 6.79. The Balaban J connectivity index is 2.41. The molecule has 0 aliphatic carbocycles. The Bertz CT molecular complexity index is 727. The molecule has 0 radical (unpaired) electrons. The van der Waals surface area contributed by atoms with E-state index in [1.807, 2.05) is 0 Å². The minimum atomic E-state index is -3.40. The third-order valence-corrected chi connectivity index (χ3v) is 5.08. The van der Waals surface area contributed by atoms with E-state index in [1.165, 1.54) is 32.0 Å². The highest BCUT2D eigenvalue weighted by Gasteiger charge is 2.48. The van der Waals surface area contributed by atoms with Gasteiger partial charge >= 0.3 is 5.97 Å². The van der Waals surface area contributed by atoms with Gasteiger partial charge in [0.05, 0.1) is 22.9 Å². The second-order valence-electron chi connectivity index (χ2n) is 4.87. The number of benzene rings is 1. The van der Waals surface area contributed by atoms with Crippen molar-refractivity contribution < 1.29 is 27.5 Å². The smallest absolute Gasteiger partial charge is 0.360 e. The normalized spacial score (nSPS) is 20.6. The Morgan fingerprint density at radius 1 is 1.36 bits per heavy atom. The Hall–Kier alpha value is -2.09. The van der Waals surface area contributed by atoms with Crippen LogP contribution in [0.15, 0.2) is 23.1 Å². The van der Waals surface area contributed by atoms with E-state index in [1.54, 1.807) is 6.92 Å². The van der Waals surface area contributed by atoms with Crippen LogP contribution in [-0.4, -0.2) is 38.3 Å². The SMILES string of the molecule is CCOC(=O)[C@]1(C)Oc2ccc(S(=O)(=O)CC)cc2NC1=O. The predicted octanol–water partition coefficient (Wildman–Crippen LogP) is 1.13.